The summed E-state index contributed by atoms with van der Waals surface area (Å²) in [5.74, 6) is 0.438. The number of allylic oxidation sites excluding steroid dienone is 2. The van der Waals surface area contributed by atoms with Crippen LogP contribution < -0.4 is 0 Å². The normalized spacial score (nSPS) is 39.4. The quantitative estimate of drug-likeness (QED) is 0.820. The lowest BCUT2D eigenvalue weighted by atomic mass is 9.46. The van der Waals surface area contributed by atoms with Gasteiger partial charge < -0.3 is 10.2 Å². The van der Waals surface area contributed by atoms with Crippen LogP contribution >= 0.6 is 0 Å². The van der Waals surface area contributed by atoms with Gasteiger partial charge in [0, 0.05) is 11.0 Å². The van der Waals surface area contributed by atoms with Crippen molar-refractivity contribution in [3.8, 4) is 0 Å². The molecule has 1 unspecified atom stereocenters. The number of aliphatic hydroxyl groups excluding tert-OH is 1. The van der Waals surface area contributed by atoms with Crippen LogP contribution in [0.4, 0.5) is 0 Å². The molecule has 3 heteroatoms. The Bertz CT molecular complexity index is 584. The Morgan fingerprint density at radius 2 is 1.96 bits per heavy atom. The van der Waals surface area contributed by atoms with E-state index >= 15 is 0 Å². The van der Waals surface area contributed by atoms with E-state index in [1.54, 1.807) is 12.2 Å². The van der Waals surface area contributed by atoms with Gasteiger partial charge in [0.25, 0.3) is 0 Å². The van der Waals surface area contributed by atoms with E-state index in [1.165, 1.54) is 0 Å². The van der Waals surface area contributed by atoms with E-state index in [9.17, 15) is 15.0 Å². The van der Waals surface area contributed by atoms with Crippen LogP contribution in [0.1, 0.15) is 59.8 Å². The smallest absolute Gasteiger partial charge is 0.181 e. The third-order valence-corrected chi connectivity index (χ3v) is 6.73. The molecular formula is C20H30O3. The number of fused-ring (bicyclic) bond motifs is 3. The van der Waals surface area contributed by atoms with Gasteiger partial charge in [-0.15, -0.1) is 0 Å². The molecule has 0 aromatic rings. The summed E-state index contributed by atoms with van der Waals surface area (Å²) in [6, 6.07) is 0. The minimum atomic E-state index is -1.06. The molecule has 3 rings (SSSR count). The molecule has 23 heavy (non-hydrogen) atoms. The van der Waals surface area contributed by atoms with Crippen LogP contribution in [-0.4, -0.2) is 28.2 Å². The third kappa shape index (κ3) is 2.35. The molecule has 3 atom stereocenters. The molecule has 0 heterocycles. The Morgan fingerprint density at radius 3 is 2.57 bits per heavy atom. The molecule has 0 saturated heterocycles. The second-order valence-electron chi connectivity index (χ2n) is 8.85. The van der Waals surface area contributed by atoms with Crippen molar-refractivity contribution >= 4 is 5.78 Å². The van der Waals surface area contributed by atoms with Crippen molar-refractivity contribution in [2.45, 2.75) is 65.4 Å². The van der Waals surface area contributed by atoms with E-state index in [1.807, 2.05) is 13.8 Å². The van der Waals surface area contributed by atoms with Gasteiger partial charge in [-0.2, -0.15) is 0 Å². The predicted octanol–water partition coefficient (Wildman–Crippen LogP) is 3.41. The first-order valence-corrected chi connectivity index (χ1v) is 8.99. The molecule has 3 nitrogen and oxygen atoms in total. The number of carbonyl (C=O) groups excluding carboxylic acids is 1. The molecule has 0 amide bonds. The molecule has 2 fully saturated rings. The summed E-state index contributed by atoms with van der Waals surface area (Å²) in [7, 11) is 0. The second kappa shape index (κ2) is 5.29. The molecule has 0 aromatic heterocycles. The van der Waals surface area contributed by atoms with Gasteiger partial charge in [-0.1, -0.05) is 34.1 Å². The molecule has 0 aliphatic heterocycles. The van der Waals surface area contributed by atoms with E-state index in [2.05, 4.69) is 13.8 Å². The molecule has 128 valence electrons. The zero-order chi connectivity index (χ0) is 17.0. The van der Waals surface area contributed by atoms with Crippen molar-refractivity contribution < 1.29 is 15.0 Å². The number of ketones is 1. The zero-order valence-corrected chi connectivity index (χ0v) is 14.9. The lowest BCUT2D eigenvalue weighted by molar-refractivity contribution is -0.114. The van der Waals surface area contributed by atoms with Gasteiger partial charge in [0.15, 0.2) is 5.78 Å². The molecule has 2 saturated carbocycles. The van der Waals surface area contributed by atoms with Gasteiger partial charge in [0.05, 0.1) is 6.61 Å². The fourth-order valence-electron chi connectivity index (χ4n) is 5.56. The summed E-state index contributed by atoms with van der Waals surface area (Å²) in [5, 5.41) is 21.7. The summed E-state index contributed by atoms with van der Waals surface area (Å²) in [6.07, 6.45) is 8.06. The van der Waals surface area contributed by atoms with E-state index in [-0.39, 0.29) is 23.7 Å². The number of hydrogen-bond acceptors (Lipinski definition) is 3. The van der Waals surface area contributed by atoms with Crippen molar-refractivity contribution in [1.29, 1.82) is 0 Å². The van der Waals surface area contributed by atoms with Gasteiger partial charge in [-0.05, 0) is 60.7 Å². The first-order chi connectivity index (χ1) is 10.7. The molecule has 0 radical (unpaired) electrons. The van der Waals surface area contributed by atoms with Gasteiger partial charge in [0.1, 0.15) is 5.60 Å². The number of carbonyl (C=O) groups is 1. The Kier molecular flexibility index (Phi) is 3.89. The summed E-state index contributed by atoms with van der Waals surface area (Å²) >= 11 is 0. The highest BCUT2D eigenvalue weighted by atomic mass is 16.3. The van der Waals surface area contributed by atoms with Crippen molar-refractivity contribution in [2.75, 3.05) is 6.61 Å². The first-order valence-electron chi connectivity index (χ1n) is 8.99. The standard InChI is InChI=1S/C20H30O3/c1-13(2)14-11-20(23)9-6-16-18(3,4)7-5-8-19(16,12-21)17(20)10-15(14)22/h10-11,13,16,21,23H,5-9,12H2,1-4H3/t16-,19+,20?/m0/s1. The lowest BCUT2D eigenvalue weighted by Crippen LogP contribution is -2.57. The third-order valence-electron chi connectivity index (χ3n) is 6.73. The fourth-order valence-corrected chi connectivity index (χ4v) is 5.56. The van der Waals surface area contributed by atoms with Crippen LogP contribution in [0.15, 0.2) is 23.3 Å². The lowest BCUT2D eigenvalue weighted by Gasteiger charge is -2.59. The topological polar surface area (TPSA) is 57.5 Å². The molecule has 2 N–H and O–H groups in total. The summed E-state index contributed by atoms with van der Waals surface area (Å²) in [4.78, 5) is 12.6. The Hall–Kier alpha value is -0.930. The average molecular weight is 318 g/mol. The monoisotopic (exact) mass is 318 g/mol. The highest BCUT2D eigenvalue weighted by molar-refractivity contribution is 6.06. The SMILES string of the molecule is CC(C)C1=CC2(O)CC[C@H]3C(C)(C)CCC[C@]3(CO)C2=CC1=O. The van der Waals surface area contributed by atoms with E-state index in [0.29, 0.717) is 17.9 Å². The fraction of sp³-hybridized carbons (Fsp3) is 0.750. The van der Waals surface area contributed by atoms with E-state index in [4.69, 9.17) is 0 Å². The predicted molar refractivity (Wildman–Crippen MR) is 90.8 cm³/mol. The molecule has 0 aromatic carbocycles. The number of rotatable bonds is 2. The van der Waals surface area contributed by atoms with Crippen LogP contribution in [-0.2, 0) is 4.79 Å². The highest BCUT2D eigenvalue weighted by Gasteiger charge is 2.59. The summed E-state index contributed by atoms with van der Waals surface area (Å²) < 4.78 is 0. The Labute approximate surface area is 139 Å². The van der Waals surface area contributed by atoms with Gasteiger partial charge >= 0.3 is 0 Å². The number of aliphatic hydroxyl groups is 2. The van der Waals surface area contributed by atoms with Crippen molar-refractivity contribution in [2.24, 2.45) is 22.7 Å². The summed E-state index contributed by atoms with van der Waals surface area (Å²) in [5.41, 5.74) is 0.126. The molecule has 0 spiro atoms. The molecule has 0 bridgehead atoms. The minimum absolute atomic E-state index is 0.0107. The maximum absolute atomic E-state index is 12.6. The van der Waals surface area contributed by atoms with Crippen molar-refractivity contribution in [3.05, 3.63) is 23.3 Å². The van der Waals surface area contributed by atoms with E-state index in [0.717, 1.165) is 31.3 Å². The van der Waals surface area contributed by atoms with Gasteiger partial charge in [-0.3, -0.25) is 4.79 Å². The molecule has 3 aliphatic carbocycles. The maximum Gasteiger partial charge on any atom is 0.181 e. The van der Waals surface area contributed by atoms with Crippen molar-refractivity contribution in [3.63, 3.8) is 0 Å². The van der Waals surface area contributed by atoms with Crippen LogP contribution in [0.2, 0.25) is 0 Å². The Balaban J connectivity index is 2.12. The van der Waals surface area contributed by atoms with Crippen LogP contribution in [0.5, 0.6) is 0 Å². The first kappa shape index (κ1) is 16.9. The summed E-state index contributed by atoms with van der Waals surface area (Å²) in [6.45, 7) is 8.54. The largest absolute Gasteiger partial charge is 0.395 e. The Morgan fingerprint density at radius 1 is 1.26 bits per heavy atom. The number of hydrogen-bond donors (Lipinski definition) is 2. The molecule has 3 aliphatic rings. The second-order valence-corrected chi connectivity index (χ2v) is 8.85. The van der Waals surface area contributed by atoms with Crippen molar-refractivity contribution in [1.82, 2.24) is 0 Å². The average Bonchev–Trinajstić information content (AvgIpc) is 2.46. The van der Waals surface area contributed by atoms with Crippen LogP contribution in [0.25, 0.3) is 0 Å². The highest BCUT2D eigenvalue weighted by Crippen LogP contribution is 2.62. The van der Waals surface area contributed by atoms with Crippen LogP contribution in [0.3, 0.4) is 0 Å². The minimum Gasteiger partial charge on any atom is -0.395 e. The van der Waals surface area contributed by atoms with Gasteiger partial charge in [-0.25, -0.2) is 0 Å². The van der Waals surface area contributed by atoms with Gasteiger partial charge in [0.2, 0.25) is 0 Å². The van der Waals surface area contributed by atoms with Crippen LogP contribution in [0, 0.1) is 22.7 Å². The molecular weight excluding hydrogens is 288 g/mol. The zero-order valence-electron chi connectivity index (χ0n) is 14.9. The maximum atomic E-state index is 12.6. The van der Waals surface area contributed by atoms with E-state index < -0.39 is 11.0 Å².